The number of phenolic OH excluding ortho intramolecular Hbond substituents is 1. The minimum absolute atomic E-state index is 0.0394. The zero-order valence-corrected chi connectivity index (χ0v) is 9.69. The standard InChI is InChI=1S/C8H10O3.ClH.Ti/c1-10-6-4-3-5-7(11-2)8(6)9;;/h3-5,9H,1-2H3;1H;/q;;+1/p-1. The van der Waals surface area contributed by atoms with Crippen molar-refractivity contribution in [3.63, 3.8) is 0 Å². The molecule has 13 heavy (non-hydrogen) atoms. The zero-order valence-electron chi connectivity index (χ0n) is 7.37. The Morgan fingerprint density at radius 3 is 1.85 bits per heavy atom. The van der Waals surface area contributed by atoms with Crippen LogP contribution in [-0.2, 0) is 19.4 Å². The van der Waals surface area contributed by atoms with Crippen molar-refractivity contribution >= 4 is 9.30 Å². The van der Waals surface area contributed by atoms with Crippen LogP contribution in [0.1, 0.15) is 0 Å². The van der Waals surface area contributed by atoms with Gasteiger partial charge >= 0.3 is 28.7 Å². The second kappa shape index (κ2) is 7.07. The summed E-state index contributed by atoms with van der Waals surface area (Å²) in [6, 6.07) is 5.08. The summed E-state index contributed by atoms with van der Waals surface area (Å²) in [6.45, 7) is 0. The number of methoxy groups -OCH3 is 2. The first-order chi connectivity index (χ1) is 6.29. The van der Waals surface area contributed by atoms with E-state index in [1.807, 2.05) is 0 Å². The second-order valence-electron chi connectivity index (χ2n) is 2.01. The number of ether oxygens (including phenoxy) is 2. The van der Waals surface area contributed by atoms with Gasteiger partial charge in [-0.05, 0) is 12.1 Å². The average Bonchev–Trinajstić information content (AvgIpc) is 2.21. The first kappa shape index (κ1) is 12.6. The third kappa shape index (κ3) is 3.47. The number of hydrogen-bond acceptors (Lipinski definition) is 3. The summed E-state index contributed by atoms with van der Waals surface area (Å²) in [4.78, 5) is 0. The molecule has 1 aromatic rings. The number of para-hydroxylation sites is 1. The van der Waals surface area contributed by atoms with Crippen LogP contribution in [0.3, 0.4) is 0 Å². The molecule has 0 aliphatic carbocycles. The Morgan fingerprint density at radius 1 is 1.15 bits per heavy atom. The van der Waals surface area contributed by atoms with Crippen LogP contribution in [-0.4, -0.2) is 19.3 Å². The summed E-state index contributed by atoms with van der Waals surface area (Å²) in [5, 5.41) is 9.34. The predicted molar refractivity (Wildman–Crippen MR) is 47.1 cm³/mol. The van der Waals surface area contributed by atoms with Crippen LogP contribution in [0.15, 0.2) is 18.2 Å². The maximum absolute atomic E-state index is 9.34. The van der Waals surface area contributed by atoms with Crippen LogP contribution in [0.25, 0.3) is 0 Å². The molecule has 0 bridgehead atoms. The Balaban J connectivity index is 0.000000671. The second-order valence-corrected chi connectivity index (χ2v) is 2.01. The van der Waals surface area contributed by atoms with E-state index in [4.69, 9.17) is 9.47 Å². The van der Waals surface area contributed by atoms with Gasteiger partial charge in [0, 0.05) is 0 Å². The van der Waals surface area contributed by atoms with Crippen molar-refractivity contribution in [2.24, 2.45) is 0 Å². The van der Waals surface area contributed by atoms with Crippen molar-refractivity contribution in [2.75, 3.05) is 14.2 Å². The summed E-state index contributed by atoms with van der Waals surface area (Å²) in [7, 11) is 7.63. The molecule has 0 heterocycles. The van der Waals surface area contributed by atoms with Gasteiger partial charge in [0.15, 0.2) is 11.5 Å². The van der Waals surface area contributed by atoms with Gasteiger partial charge < -0.3 is 14.6 Å². The van der Waals surface area contributed by atoms with E-state index in [0.717, 1.165) is 0 Å². The van der Waals surface area contributed by atoms with Crippen molar-refractivity contribution in [3.8, 4) is 17.2 Å². The third-order valence-corrected chi connectivity index (χ3v) is 1.40. The van der Waals surface area contributed by atoms with Crippen molar-refractivity contribution in [2.45, 2.75) is 0 Å². The maximum atomic E-state index is 9.34. The Hall–Kier alpha value is -0.376. The van der Waals surface area contributed by atoms with Gasteiger partial charge in [0.05, 0.1) is 14.2 Å². The van der Waals surface area contributed by atoms with E-state index >= 15 is 0 Å². The van der Waals surface area contributed by atoms with Gasteiger partial charge in [0.2, 0.25) is 5.75 Å². The number of aromatic hydroxyl groups is 1. The fourth-order valence-corrected chi connectivity index (χ4v) is 0.832. The molecule has 0 radical (unpaired) electrons. The molecule has 1 rings (SSSR count). The van der Waals surface area contributed by atoms with Crippen LogP contribution in [0.2, 0.25) is 0 Å². The number of hydrogen-bond donors (Lipinski definition) is 1. The molecule has 0 unspecified atom stereocenters. The van der Waals surface area contributed by atoms with E-state index in [0.29, 0.717) is 11.5 Å². The molecule has 0 aliphatic rings. The number of phenols is 1. The molecular formula is C8H10ClO3Ti. The van der Waals surface area contributed by atoms with Gasteiger partial charge in [-0.1, -0.05) is 6.07 Å². The molecule has 0 amide bonds. The zero-order chi connectivity index (χ0) is 10.3. The molecular weight excluding hydrogens is 227 g/mol. The van der Waals surface area contributed by atoms with Gasteiger partial charge in [-0.25, -0.2) is 0 Å². The van der Waals surface area contributed by atoms with E-state index in [1.54, 1.807) is 18.2 Å². The van der Waals surface area contributed by atoms with Crippen molar-refractivity contribution in [3.05, 3.63) is 18.2 Å². The first-order valence-corrected chi connectivity index (χ1v) is 5.53. The van der Waals surface area contributed by atoms with Gasteiger partial charge in [-0.2, -0.15) is 0 Å². The molecule has 0 saturated carbocycles. The summed E-state index contributed by atoms with van der Waals surface area (Å²) in [5.41, 5.74) is 0. The van der Waals surface area contributed by atoms with E-state index in [9.17, 15) is 5.11 Å². The van der Waals surface area contributed by atoms with Crippen LogP contribution >= 0.6 is 9.30 Å². The van der Waals surface area contributed by atoms with Crippen LogP contribution in [0, 0.1) is 0 Å². The molecule has 0 saturated heterocycles. The summed E-state index contributed by atoms with van der Waals surface area (Å²) in [6.07, 6.45) is 0. The number of benzene rings is 1. The number of rotatable bonds is 2. The van der Waals surface area contributed by atoms with Crippen molar-refractivity contribution in [1.29, 1.82) is 0 Å². The minimum atomic E-state index is 0.0394. The predicted octanol–water partition coefficient (Wildman–Crippen LogP) is 2.10. The molecule has 0 atom stereocenters. The summed E-state index contributed by atoms with van der Waals surface area (Å²) in [5.74, 6) is 0.881. The van der Waals surface area contributed by atoms with Crippen molar-refractivity contribution in [1.82, 2.24) is 0 Å². The average molecular weight is 237 g/mol. The molecule has 0 aromatic heterocycles. The number of halogens is 1. The first-order valence-electron chi connectivity index (χ1n) is 3.38. The molecule has 0 aliphatic heterocycles. The van der Waals surface area contributed by atoms with Crippen molar-refractivity contribution < 1.29 is 34.0 Å². The molecule has 1 N–H and O–H groups in total. The van der Waals surface area contributed by atoms with Gasteiger partial charge in [-0.3, -0.25) is 0 Å². The molecule has 5 heteroatoms. The normalized spacial score (nSPS) is 8.15. The monoisotopic (exact) mass is 237 g/mol. The van der Waals surface area contributed by atoms with Gasteiger partial charge in [-0.15, -0.1) is 0 Å². The van der Waals surface area contributed by atoms with Gasteiger partial charge in [0.25, 0.3) is 0 Å². The van der Waals surface area contributed by atoms with E-state index in [-0.39, 0.29) is 5.75 Å². The van der Waals surface area contributed by atoms with Crippen LogP contribution < -0.4 is 9.47 Å². The Labute approximate surface area is 92.9 Å². The quantitative estimate of drug-likeness (QED) is 0.801. The molecule has 1 aromatic carbocycles. The van der Waals surface area contributed by atoms with E-state index in [1.165, 1.54) is 33.6 Å². The molecule has 0 spiro atoms. The topological polar surface area (TPSA) is 38.7 Å². The molecule has 0 fully saturated rings. The third-order valence-electron chi connectivity index (χ3n) is 1.40. The molecule has 3 nitrogen and oxygen atoms in total. The SMILES string of the molecule is COc1cccc(OC)c1O.[Cl][Ti]. The summed E-state index contributed by atoms with van der Waals surface area (Å²) >= 11 is 1.47. The van der Waals surface area contributed by atoms with Crippen LogP contribution in [0.5, 0.6) is 17.2 Å². The van der Waals surface area contributed by atoms with E-state index < -0.39 is 0 Å². The Morgan fingerprint density at radius 2 is 1.54 bits per heavy atom. The van der Waals surface area contributed by atoms with Crippen LogP contribution in [0.4, 0.5) is 0 Å². The Bertz CT molecular complexity index is 233. The Kier molecular flexibility index (Phi) is 6.86. The fourth-order valence-electron chi connectivity index (χ4n) is 0.832. The fraction of sp³-hybridized carbons (Fsp3) is 0.250. The van der Waals surface area contributed by atoms with E-state index in [2.05, 4.69) is 9.30 Å². The van der Waals surface area contributed by atoms with Gasteiger partial charge in [0.1, 0.15) is 0 Å². The summed E-state index contributed by atoms with van der Waals surface area (Å²) < 4.78 is 9.71. The molecule has 71 valence electrons.